The summed E-state index contributed by atoms with van der Waals surface area (Å²) in [6.45, 7) is 6.59. The molecule has 0 heterocycles. The molecule has 0 spiro atoms. The van der Waals surface area contributed by atoms with Crippen LogP contribution in [-0.2, 0) is 4.79 Å². The van der Waals surface area contributed by atoms with E-state index in [4.69, 9.17) is 0 Å². The van der Waals surface area contributed by atoms with Gasteiger partial charge in [0.1, 0.15) is 0 Å². The molecule has 2 nitrogen and oxygen atoms in total. The molecule has 0 radical (unpaired) electrons. The monoisotopic (exact) mass is 281 g/mol. The second kappa shape index (κ2) is 14.6. The highest BCUT2D eigenvalue weighted by Gasteiger charge is 2.07. The van der Waals surface area contributed by atoms with Gasteiger partial charge in [0.2, 0.25) is 5.91 Å². The molecule has 118 valence electrons. The lowest BCUT2D eigenvalue weighted by molar-refractivity contribution is -0.117. The molecule has 0 aliphatic heterocycles. The first-order valence-corrected chi connectivity index (χ1v) is 8.71. The van der Waals surface area contributed by atoms with Gasteiger partial charge in [0.05, 0.1) is 0 Å². The lowest BCUT2D eigenvalue weighted by atomic mass is 10.1. The average Bonchev–Trinajstić information content (AvgIpc) is 2.45. The Morgan fingerprint density at radius 2 is 1.60 bits per heavy atom. The van der Waals surface area contributed by atoms with Crippen LogP contribution < -0.4 is 5.32 Å². The standard InChI is InChI=1S/C18H35NO/c1-4-7-9-10-11-12-14-16-18(20)19-17(6-3)15-13-8-5-2/h14,16-17H,4-13,15H2,1-3H3,(H,19,20)/b16-14+. The van der Waals surface area contributed by atoms with E-state index in [2.05, 4.69) is 26.1 Å². The van der Waals surface area contributed by atoms with Crippen molar-refractivity contribution in [1.82, 2.24) is 5.32 Å². The Kier molecular flexibility index (Phi) is 14.0. The lowest BCUT2D eigenvalue weighted by Crippen LogP contribution is -2.33. The van der Waals surface area contributed by atoms with Gasteiger partial charge in [-0.2, -0.15) is 0 Å². The first-order chi connectivity index (χ1) is 9.74. The van der Waals surface area contributed by atoms with Crippen LogP contribution in [0.1, 0.15) is 91.4 Å². The number of amides is 1. The molecule has 0 bridgehead atoms. The fraction of sp³-hybridized carbons (Fsp3) is 0.833. The van der Waals surface area contributed by atoms with Gasteiger partial charge in [0.15, 0.2) is 0 Å². The lowest BCUT2D eigenvalue weighted by Gasteiger charge is -2.15. The Morgan fingerprint density at radius 1 is 0.950 bits per heavy atom. The summed E-state index contributed by atoms with van der Waals surface area (Å²) in [4.78, 5) is 11.8. The van der Waals surface area contributed by atoms with Gasteiger partial charge in [-0.05, 0) is 31.8 Å². The summed E-state index contributed by atoms with van der Waals surface area (Å²) in [6, 6.07) is 0.350. The van der Waals surface area contributed by atoms with E-state index < -0.39 is 0 Å². The number of nitrogens with one attached hydrogen (secondary N) is 1. The van der Waals surface area contributed by atoms with E-state index in [1.807, 2.05) is 6.08 Å². The molecule has 0 aliphatic carbocycles. The van der Waals surface area contributed by atoms with Crippen molar-refractivity contribution in [3.05, 3.63) is 12.2 Å². The van der Waals surface area contributed by atoms with Gasteiger partial charge in [0, 0.05) is 6.04 Å². The van der Waals surface area contributed by atoms with E-state index in [1.165, 1.54) is 51.4 Å². The Labute approximate surface area is 126 Å². The zero-order chi connectivity index (χ0) is 15.1. The highest BCUT2D eigenvalue weighted by atomic mass is 16.1. The number of allylic oxidation sites excluding steroid dienone is 1. The molecule has 2 heteroatoms. The molecular weight excluding hydrogens is 246 g/mol. The topological polar surface area (TPSA) is 29.1 Å². The van der Waals surface area contributed by atoms with E-state index in [0.29, 0.717) is 6.04 Å². The molecule has 0 saturated heterocycles. The fourth-order valence-corrected chi connectivity index (χ4v) is 2.32. The van der Waals surface area contributed by atoms with E-state index >= 15 is 0 Å². The van der Waals surface area contributed by atoms with E-state index in [-0.39, 0.29) is 5.91 Å². The Hall–Kier alpha value is -0.790. The molecule has 0 saturated carbocycles. The summed E-state index contributed by atoms with van der Waals surface area (Å²) in [5, 5.41) is 3.11. The number of hydrogen-bond donors (Lipinski definition) is 1. The third-order valence-corrected chi connectivity index (χ3v) is 3.74. The minimum Gasteiger partial charge on any atom is -0.350 e. The summed E-state index contributed by atoms with van der Waals surface area (Å²) in [5.41, 5.74) is 0. The number of unbranched alkanes of at least 4 members (excludes halogenated alkanes) is 7. The molecule has 1 unspecified atom stereocenters. The number of hydrogen-bond acceptors (Lipinski definition) is 1. The third-order valence-electron chi connectivity index (χ3n) is 3.74. The van der Waals surface area contributed by atoms with E-state index in [9.17, 15) is 4.79 Å². The Morgan fingerprint density at radius 3 is 2.25 bits per heavy atom. The maximum absolute atomic E-state index is 11.8. The molecule has 0 fully saturated rings. The van der Waals surface area contributed by atoms with E-state index in [0.717, 1.165) is 19.3 Å². The molecule has 0 aromatic heterocycles. The van der Waals surface area contributed by atoms with Gasteiger partial charge in [0.25, 0.3) is 0 Å². The molecule has 20 heavy (non-hydrogen) atoms. The van der Waals surface area contributed by atoms with Crippen LogP contribution in [0.4, 0.5) is 0 Å². The van der Waals surface area contributed by atoms with Crippen molar-refractivity contribution < 1.29 is 4.79 Å². The summed E-state index contributed by atoms with van der Waals surface area (Å²) in [5.74, 6) is 0.0851. The van der Waals surface area contributed by atoms with Crippen molar-refractivity contribution in [2.75, 3.05) is 0 Å². The quantitative estimate of drug-likeness (QED) is 0.356. The summed E-state index contributed by atoms with van der Waals surface area (Å²) in [7, 11) is 0. The van der Waals surface area contributed by atoms with Crippen molar-refractivity contribution in [1.29, 1.82) is 0 Å². The Balaban J connectivity index is 3.67. The predicted molar refractivity (Wildman–Crippen MR) is 88.9 cm³/mol. The van der Waals surface area contributed by atoms with Crippen LogP contribution in [0, 0.1) is 0 Å². The van der Waals surface area contributed by atoms with Crippen LogP contribution in [0.15, 0.2) is 12.2 Å². The predicted octanol–water partition coefficient (Wildman–Crippen LogP) is 5.38. The minimum absolute atomic E-state index is 0.0851. The second-order valence-corrected chi connectivity index (χ2v) is 5.71. The van der Waals surface area contributed by atoms with Crippen LogP contribution in [0.5, 0.6) is 0 Å². The maximum atomic E-state index is 11.8. The molecule has 0 aromatic carbocycles. The summed E-state index contributed by atoms with van der Waals surface area (Å²) < 4.78 is 0. The van der Waals surface area contributed by atoms with Crippen molar-refractivity contribution in [3.8, 4) is 0 Å². The molecule has 1 amide bonds. The fourth-order valence-electron chi connectivity index (χ4n) is 2.32. The van der Waals surface area contributed by atoms with Gasteiger partial charge in [-0.15, -0.1) is 0 Å². The molecule has 0 aliphatic rings. The van der Waals surface area contributed by atoms with Crippen molar-refractivity contribution >= 4 is 5.91 Å². The average molecular weight is 281 g/mol. The van der Waals surface area contributed by atoms with Gasteiger partial charge in [-0.25, -0.2) is 0 Å². The molecule has 0 aromatic rings. The smallest absolute Gasteiger partial charge is 0.243 e. The first-order valence-electron chi connectivity index (χ1n) is 8.71. The zero-order valence-electron chi connectivity index (χ0n) is 13.9. The highest BCUT2D eigenvalue weighted by Crippen LogP contribution is 2.07. The largest absolute Gasteiger partial charge is 0.350 e. The summed E-state index contributed by atoms with van der Waals surface area (Å²) in [6.07, 6.45) is 17.1. The van der Waals surface area contributed by atoms with Crippen LogP contribution in [0.3, 0.4) is 0 Å². The van der Waals surface area contributed by atoms with Gasteiger partial charge < -0.3 is 5.32 Å². The van der Waals surface area contributed by atoms with Crippen LogP contribution >= 0.6 is 0 Å². The first kappa shape index (κ1) is 19.2. The molecule has 0 rings (SSSR count). The molecule has 1 atom stereocenters. The Bertz CT molecular complexity index is 248. The van der Waals surface area contributed by atoms with Gasteiger partial charge >= 0.3 is 0 Å². The van der Waals surface area contributed by atoms with Gasteiger partial charge in [-0.3, -0.25) is 4.79 Å². The van der Waals surface area contributed by atoms with Crippen LogP contribution in [0.2, 0.25) is 0 Å². The minimum atomic E-state index is 0.0851. The molecular formula is C18H35NO. The third kappa shape index (κ3) is 12.3. The summed E-state index contributed by atoms with van der Waals surface area (Å²) >= 11 is 0. The maximum Gasteiger partial charge on any atom is 0.243 e. The number of rotatable bonds is 13. The SMILES string of the molecule is CCCCCCC/C=C/C(=O)NC(CC)CCCCC. The highest BCUT2D eigenvalue weighted by molar-refractivity contribution is 5.87. The zero-order valence-corrected chi connectivity index (χ0v) is 13.9. The van der Waals surface area contributed by atoms with Gasteiger partial charge in [-0.1, -0.05) is 71.8 Å². The van der Waals surface area contributed by atoms with Crippen LogP contribution in [-0.4, -0.2) is 11.9 Å². The van der Waals surface area contributed by atoms with E-state index in [1.54, 1.807) is 6.08 Å². The van der Waals surface area contributed by atoms with Crippen molar-refractivity contribution in [3.63, 3.8) is 0 Å². The number of carbonyl (C=O) groups excluding carboxylic acids is 1. The van der Waals surface area contributed by atoms with Crippen molar-refractivity contribution in [2.24, 2.45) is 0 Å². The van der Waals surface area contributed by atoms with Crippen LogP contribution in [0.25, 0.3) is 0 Å². The molecule has 1 N–H and O–H groups in total. The number of carbonyl (C=O) groups is 1. The second-order valence-electron chi connectivity index (χ2n) is 5.71. The van der Waals surface area contributed by atoms with Crippen molar-refractivity contribution in [2.45, 2.75) is 97.4 Å². The normalized spacial score (nSPS) is 12.8.